The Kier molecular flexibility index (Phi) is 2.71. The average molecular weight is 287 g/mol. The second-order valence-electron chi connectivity index (χ2n) is 3.20. The molecule has 5 heteroatoms. The van der Waals surface area contributed by atoms with Crippen LogP contribution in [0.25, 0.3) is 11.3 Å². The largest absolute Gasteiger partial charge is 0.384 e. The van der Waals surface area contributed by atoms with Gasteiger partial charge in [-0.2, -0.15) is 5.10 Å². The van der Waals surface area contributed by atoms with Gasteiger partial charge in [0.05, 0.1) is 10.7 Å². The van der Waals surface area contributed by atoms with Crippen molar-refractivity contribution in [1.82, 2.24) is 9.78 Å². The molecule has 2 rings (SSSR count). The van der Waals surface area contributed by atoms with Gasteiger partial charge in [-0.15, -0.1) is 0 Å². The molecule has 0 aliphatic rings. The lowest BCUT2D eigenvalue weighted by Crippen LogP contribution is -1.96. The number of anilines is 1. The number of aromatic nitrogens is 2. The molecule has 0 amide bonds. The van der Waals surface area contributed by atoms with Crippen LogP contribution < -0.4 is 5.73 Å². The molecule has 2 aromatic rings. The highest BCUT2D eigenvalue weighted by Crippen LogP contribution is 2.30. The molecule has 0 unspecified atom stereocenters. The number of hydrogen-bond acceptors (Lipinski definition) is 2. The molecule has 0 aliphatic carbocycles. The number of halogens is 2. The van der Waals surface area contributed by atoms with Gasteiger partial charge in [0.2, 0.25) is 0 Å². The highest BCUT2D eigenvalue weighted by molar-refractivity contribution is 9.10. The Balaban J connectivity index is 2.54. The van der Waals surface area contributed by atoms with Crippen molar-refractivity contribution in [2.75, 3.05) is 5.73 Å². The second kappa shape index (κ2) is 3.87. The normalized spacial score (nSPS) is 10.6. The minimum Gasteiger partial charge on any atom is -0.384 e. The first-order valence-corrected chi connectivity index (χ1v) is 5.50. The number of rotatable bonds is 1. The zero-order valence-corrected chi connectivity index (χ0v) is 10.4. The van der Waals surface area contributed by atoms with E-state index < -0.39 is 0 Å². The van der Waals surface area contributed by atoms with Gasteiger partial charge < -0.3 is 5.73 Å². The Morgan fingerprint density at radius 3 is 2.67 bits per heavy atom. The highest BCUT2D eigenvalue weighted by atomic mass is 79.9. The lowest BCUT2D eigenvalue weighted by Gasteiger charge is -2.00. The van der Waals surface area contributed by atoms with Crippen molar-refractivity contribution in [3.05, 3.63) is 33.8 Å². The number of aryl methyl sites for hydroxylation is 1. The van der Waals surface area contributed by atoms with E-state index in [-0.39, 0.29) is 0 Å². The summed E-state index contributed by atoms with van der Waals surface area (Å²) in [5.41, 5.74) is 7.37. The minimum absolute atomic E-state index is 0.615. The SMILES string of the molecule is Cn1nc(-c2ccc(Br)cc2Cl)cc1N. The first kappa shape index (κ1) is 10.5. The standard InChI is InChI=1S/C10H9BrClN3/c1-15-10(13)5-9(14-15)7-3-2-6(11)4-8(7)12/h2-5H,13H2,1H3. The van der Waals surface area contributed by atoms with Gasteiger partial charge in [0, 0.05) is 23.2 Å². The third-order valence-corrected chi connectivity index (χ3v) is 2.93. The van der Waals surface area contributed by atoms with Crippen molar-refractivity contribution in [3.63, 3.8) is 0 Å². The predicted molar refractivity (Wildman–Crippen MR) is 65.8 cm³/mol. The molecular formula is C10H9BrClN3. The molecule has 78 valence electrons. The quantitative estimate of drug-likeness (QED) is 0.875. The van der Waals surface area contributed by atoms with Crippen molar-refractivity contribution in [2.45, 2.75) is 0 Å². The van der Waals surface area contributed by atoms with E-state index in [4.69, 9.17) is 17.3 Å². The highest BCUT2D eigenvalue weighted by Gasteiger charge is 2.08. The van der Waals surface area contributed by atoms with E-state index in [0.29, 0.717) is 10.8 Å². The molecule has 1 heterocycles. The van der Waals surface area contributed by atoms with Crippen LogP contribution in [-0.2, 0) is 7.05 Å². The van der Waals surface area contributed by atoms with Gasteiger partial charge in [-0.25, -0.2) is 0 Å². The average Bonchev–Trinajstić information content (AvgIpc) is 2.46. The van der Waals surface area contributed by atoms with Crippen molar-refractivity contribution in [1.29, 1.82) is 0 Å². The van der Waals surface area contributed by atoms with E-state index in [1.54, 1.807) is 17.8 Å². The van der Waals surface area contributed by atoms with Gasteiger partial charge in [0.25, 0.3) is 0 Å². The summed E-state index contributed by atoms with van der Waals surface area (Å²) in [4.78, 5) is 0. The summed E-state index contributed by atoms with van der Waals surface area (Å²) in [7, 11) is 1.80. The summed E-state index contributed by atoms with van der Waals surface area (Å²) in [6, 6.07) is 7.47. The van der Waals surface area contributed by atoms with Crippen LogP contribution in [0.3, 0.4) is 0 Å². The molecule has 0 radical (unpaired) electrons. The second-order valence-corrected chi connectivity index (χ2v) is 4.53. The maximum absolute atomic E-state index is 6.11. The summed E-state index contributed by atoms with van der Waals surface area (Å²) >= 11 is 9.46. The van der Waals surface area contributed by atoms with Gasteiger partial charge in [-0.3, -0.25) is 4.68 Å². The molecule has 0 spiro atoms. The maximum Gasteiger partial charge on any atom is 0.121 e. The monoisotopic (exact) mass is 285 g/mol. The summed E-state index contributed by atoms with van der Waals surface area (Å²) in [5.74, 6) is 0.615. The molecule has 1 aromatic heterocycles. The molecule has 0 saturated carbocycles. The smallest absolute Gasteiger partial charge is 0.121 e. The molecule has 15 heavy (non-hydrogen) atoms. The van der Waals surface area contributed by atoms with Gasteiger partial charge >= 0.3 is 0 Å². The Morgan fingerprint density at radius 1 is 1.40 bits per heavy atom. The van der Waals surface area contributed by atoms with Crippen molar-refractivity contribution in [2.24, 2.45) is 7.05 Å². The van der Waals surface area contributed by atoms with Gasteiger partial charge in [0.1, 0.15) is 5.82 Å². The molecule has 0 bridgehead atoms. The topological polar surface area (TPSA) is 43.8 Å². The zero-order valence-electron chi connectivity index (χ0n) is 8.04. The van der Waals surface area contributed by atoms with Crippen LogP contribution in [-0.4, -0.2) is 9.78 Å². The van der Waals surface area contributed by atoms with Crippen LogP contribution >= 0.6 is 27.5 Å². The van der Waals surface area contributed by atoms with E-state index >= 15 is 0 Å². The fourth-order valence-corrected chi connectivity index (χ4v) is 2.08. The molecule has 0 aliphatic heterocycles. The number of benzene rings is 1. The van der Waals surface area contributed by atoms with Crippen molar-refractivity contribution in [3.8, 4) is 11.3 Å². The first-order chi connectivity index (χ1) is 7.08. The maximum atomic E-state index is 6.11. The Hall–Kier alpha value is -1.00. The number of nitrogens with zero attached hydrogens (tertiary/aromatic N) is 2. The van der Waals surface area contributed by atoms with Gasteiger partial charge in [-0.05, 0) is 12.1 Å². The van der Waals surface area contributed by atoms with E-state index in [2.05, 4.69) is 21.0 Å². The number of nitrogen functional groups attached to an aromatic ring is 1. The summed E-state index contributed by atoms with van der Waals surface area (Å²) in [6.45, 7) is 0. The number of nitrogens with two attached hydrogens (primary N) is 1. The van der Waals surface area contributed by atoms with E-state index in [1.807, 2.05) is 18.2 Å². The molecule has 0 atom stereocenters. The Bertz CT molecular complexity index is 488. The van der Waals surface area contributed by atoms with Gasteiger partial charge in [0.15, 0.2) is 0 Å². The third-order valence-electron chi connectivity index (χ3n) is 2.12. The van der Waals surface area contributed by atoms with Crippen LogP contribution in [0.2, 0.25) is 5.02 Å². The molecule has 0 saturated heterocycles. The van der Waals surface area contributed by atoms with Crippen LogP contribution in [0.4, 0.5) is 5.82 Å². The van der Waals surface area contributed by atoms with E-state index in [1.165, 1.54) is 0 Å². The van der Waals surface area contributed by atoms with Crippen LogP contribution in [0.1, 0.15) is 0 Å². The number of hydrogen-bond donors (Lipinski definition) is 1. The lowest BCUT2D eigenvalue weighted by atomic mass is 10.1. The summed E-state index contributed by atoms with van der Waals surface area (Å²) < 4.78 is 2.56. The molecule has 1 aromatic carbocycles. The molecule has 0 fully saturated rings. The molecule has 2 N–H and O–H groups in total. The van der Waals surface area contributed by atoms with Crippen molar-refractivity contribution < 1.29 is 0 Å². The van der Waals surface area contributed by atoms with Crippen molar-refractivity contribution >= 4 is 33.3 Å². The van der Waals surface area contributed by atoms with Crippen LogP contribution in [0.15, 0.2) is 28.7 Å². The Labute approximate surface area is 101 Å². The predicted octanol–water partition coefficient (Wildman–Crippen LogP) is 3.09. The summed E-state index contributed by atoms with van der Waals surface area (Å²) in [6.07, 6.45) is 0. The minimum atomic E-state index is 0.615. The fraction of sp³-hybridized carbons (Fsp3) is 0.100. The first-order valence-electron chi connectivity index (χ1n) is 4.33. The van der Waals surface area contributed by atoms with Crippen LogP contribution in [0.5, 0.6) is 0 Å². The van der Waals surface area contributed by atoms with E-state index in [0.717, 1.165) is 15.7 Å². The third kappa shape index (κ3) is 2.01. The lowest BCUT2D eigenvalue weighted by molar-refractivity contribution is 0.782. The zero-order chi connectivity index (χ0) is 11.0. The molecular weight excluding hydrogens is 277 g/mol. The van der Waals surface area contributed by atoms with Crippen LogP contribution in [0, 0.1) is 0 Å². The van der Waals surface area contributed by atoms with Gasteiger partial charge in [-0.1, -0.05) is 33.6 Å². The Morgan fingerprint density at radius 2 is 2.13 bits per heavy atom. The van der Waals surface area contributed by atoms with E-state index in [9.17, 15) is 0 Å². The molecule has 3 nitrogen and oxygen atoms in total. The summed E-state index contributed by atoms with van der Waals surface area (Å²) in [5, 5.41) is 4.92. The fourth-order valence-electron chi connectivity index (χ4n) is 1.31.